The zero-order valence-electron chi connectivity index (χ0n) is 9.30. The van der Waals surface area contributed by atoms with Gasteiger partial charge in [-0.05, 0) is 39.4 Å². The summed E-state index contributed by atoms with van der Waals surface area (Å²) < 4.78 is 32.8. The molecule has 0 saturated heterocycles. The average molecular weight is 331 g/mol. The number of rotatable bonds is 3. The van der Waals surface area contributed by atoms with Gasteiger partial charge in [-0.1, -0.05) is 24.3 Å². The van der Waals surface area contributed by atoms with Crippen LogP contribution in [-0.4, -0.2) is 24.7 Å². The van der Waals surface area contributed by atoms with Crippen LogP contribution in [0.2, 0.25) is 0 Å². The Labute approximate surface area is 113 Å². The van der Waals surface area contributed by atoms with Crippen molar-refractivity contribution in [2.45, 2.75) is 11.3 Å². The lowest BCUT2D eigenvalue weighted by Gasteiger charge is -2.10. The van der Waals surface area contributed by atoms with Crippen molar-refractivity contribution in [3.05, 3.63) is 40.4 Å². The minimum absolute atomic E-state index is 0.0954. The van der Waals surface area contributed by atoms with E-state index in [0.29, 0.717) is 22.8 Å². The fraction of sp³-hybridized carbons (Fsp3) is 0.167. The molecule has 0 unspecified atom stereocenters. The Kier molecular flexibility index (Phi) is 3.72. The van der Waals surface area contributed by atoms with Gasteiger partial charge in [0.2, 0.25) is 0 Å². The molecule has 0 heterocycles. The van der Waals surface area contributed by atoms with Crippen LogP contribution in [0.1, 0.15) is 5.56 Å². The van der Waals surface area contributed by atoms with Gasteiger partial charge >= 0.3 is 0 Å². The highest BCUT2D eigenvalue weighted by atomic mass is 79.9. The summed E-state index contributed by atoms with van der Waals surface area (Å²) in [7, 11) is -4.29. The maximum Gasteiger partial charge on any atom is 0.295 e. The van der Waals surface area contributed by atoms with Gasteiger partial charge in [-0.25, -0.2) is 0 Å². The molecule has 0 aromatic heterocycles. The predicted molar refractivity (Wildman–Crippen MR) is 72.3 cm³/mol. The van der Waals surface area contributed by atoms with Gasteiger partial charge < -0.3 is 5.11 Å². The molecule has 0 bridgehead atoms. The van der Waals surface area contributed by atoms with Crippen LogP contribution in [0.5, 0.6) is 0 Å². The van der Waals surface area contributed by atoms with Crippen LogP contribution in [0, 0.1) is 0 Å². The van der Waals surface area contributed by atoms with Gasteiger partial charge in [-0.2, -0.15) is 8.42 Å². The normalized spacial score (nSPS) is 11.9. The van der Waals surface area contributed by atoms with Crippen molar-refractivity contribution in [2.24, 2.45) is 0 Å². The van der Waals surface area contributed by atoms with Crippen molar-refractivity contribution >= 4 is 36.8 Å². The molecule has 0 saturated carbocycles. The highest BCUT2D eigenvalue weighted by molar-refractivity contribution is 9.10. The van der Waals surface area contributed by atoms with Gasteiger partial charge in [0.25, 0.3) is 10.1 Å². The second kappa shape index (κ2) is 4.97. The molecule has 0 amide bonds. The van der Waals surface area contributed by atoms with Gasteiger partial charge in [-0.15, -0.1) is 0 Å². The summed E-state index contributed by atoms with van der Waals surface area (Å²) in [4.78, 5) is -0.134. The van der Waals surface area contributed by atoms with Crippen LogP contribution >= 0.6 is 15.9 Å². The summed E-state index contributed by atoms with van der Waals surface area (Å²) >= 11 is 3.40. The van der Waals surface area contributed by atoms with E-state index >= 15 is 0 Å². The molecule has 2 aromatic carbocycles. The third-order valence-corrected chi connectivity index (χ3v) is 4.51. The predicted octanol–water partition coefficient (Wildman–Crippen LogP) is 2.38. The zero-order chi connectivity index (χ0) is 13.3. The van der Waals surface area contributed by atoms with E-state index in [1.54, 1.807) is 24.3 Å². The molecule has 0 spiro atoms. The molecule has 0 aliphatic carbocycles. The van der Waals surface area contributed by atoms with Crippen LogP contribution in [0.25, 0.3) is 10.8 Å². The smallest absolute Gasteiger partial charge is 0.295 e. The van der Waals surface area contributed by atoms with Gasteiger partial charge in [0.15, 0.2) is 0 Å². The number of hydrogen-bond acceptors (Lipinski definition) is 3. The standard InChI is InChI=1S/C12H11BrO4S/c13-12-8(5-6-14)7-11(18(15,16)17)9-3-1-2-4-10(9)12/h1-4,7,14H,5-6H2,(H,15,16,17). The first kappa shape index (κ1) is 13.5. The molecule has 96 valence electrons. The molecule has 2 aromatic rings. The fourth-order valence-electron chi connectivity index (χ4n) is 1.88. The van der Waals surface area contributed by atoms with E-state index in [2.05, 4.69) is 15.9 Å². The lowest BCUT2D eigenvalue weighted by molar-refractivity contribution is 0.299. The van der Waals surface area contributed by atoms with E-state index < -0.39 is 10.1 Å². The monoisotopic (exact) mass is 330 g/mol. The lowest BCUT2D eigenvalue weighted by atomic mass is 10.1. The minimum Gasteiger partial charge on any atom is -0.396 e. The molecule has 4 nitrogen and oxygen atoms in total. The maximum absolute atomic E-state index is 11.4. The molecule has 0 radical (unpaired) electrons. The minimum atomic E-state index is -4.29. The number of aliphatic hydroxyl groups excluding tert-OH is 1. The quantitative estimate of drug-likeness (QED) is 0.847. The Bertz CT molecular complexity index is 695. The van der Waals surface area contributed by atoms with Gasteiger partial charge in [0.1, 0.15) is 4.90 Å². The van der Waals surface area contributed by atoms with E-state index in [9.17, 15) is 13.0 Å². The molecule has 2 N–H and O–H groups in total. The van der Waals surface area contributed by atoms with Crippen LogP contribution < -0.4 is 0 Å². The maximum atomic E-state index is 11.4. The van der Waals surface area contributed by atoms with Crippen LogP contribution in [0.15, 0.2) is 39.7 Å². The Morgan fingerprint density at radius 2 is 1.78 bits per heavy atom. The third-order valence-electron chi connectivity index (χ3n) is 2.68. The summed E-state index contributed by atoms with van der Waals surface area (Å²) in [6, 6.07) is 8.26. The summed E-state index contributed by atoms with van der Waals surface area (Å²) in [6.45, 7) is -0.0954. The fourth-order valence-corrected chi connectivity index (χ4v) is 3.28. The number of hydrogen-bond donors (Lipinski definition) is 2. The van der Waals surface area contributed by atoms with Crippen LogP contribution in [0.3, 0.4) is 0 Å². The van der Waals surface area contributed by atoms with Gasteiger partial charge in [0, 0.05) is 16.5 Å². The Morgan fingerprint density at radius 1 is 1.17 bits per heavy atom. The van der Waals surface area contributed by atoms with E-state index in [1.165, 1.54) is 6.07 Å². The number of fused-ring (bicyclic) bond motifs is 1. The summed E-state index contributed by atoms with van der Waals surface area (Å²) in [5.41, 5.74) is 0.642. The van der Waals surface area contributed by atoms with E-state index in [0.717, 1.165) is 4.47 Å². The van der Waals surface area contributed by atoms with Crippen LogP contribution in [0.4, 0.5) is 0 Å². The Morgan fingerprint density at radius 3 is 2.33 bits per heavy atom. The number of aliphatic hydroxyl groups is 1. The Hall–Kier alpha value is -0.950. The van der Waals surface area contributed by atoms with Crippen molar-refractivity contribution in [2.75, 3.05) is 6.61 Å². The molecule has 2 rings (SSSR count). The first-order valence-corrected chi connectivity index (χ1v) is 7.47. The molecule has 0 fully saturated rings. The molecule has 18 heavy (non-hydrogen) atoms. The third kappa shape index (κ3) is 2.42. The van der Waals surface area contributed by atoms with Gasteiger partial charge in [-0.3, -0.25) is 4.55 Å². The van der Waals surface area contributed by atoms with Crippen molar-refractivity contribution in [3.8, 4) is 0 Å². The number of halogens is 1. The molecular weight excluding hydrogens is 320 g/mol. The average Bonchev–Trinajstić information content (AvgIpc) is 2.31. The molecule has 0 aliphatic rings. The summed E-state index contributed by atoms with van der Waals surface area (Å²) in [5, 5.41) is 10.1. The highest BCUT2D eigenvalue weighted by Crippen LogP contribution is 2.33. The molecule has 0 atom stereocenters. The topological polar surface area (TPSA) is 74.6 Å². The van der Waals surface area contributed by atoms with E-state index in [1.807, 2.05) is 0 Å². The van der Waals surface area contributed by atoms with Crippen molar-refractivity contribution < 1.29 is 18.1 Å². The first-order chi connectivity index (χ1) is 8.45. The van der Waals surface area contributed by atoms with Crippen molar-refractivity contribution in [3.63, 3.8) is 0 Å². The largest absolute Gasteiger partial charge is 0.396 e. The molecular formula is C12H11BrO4S. The zero-order valence-corrected chi connectivity index (χ0v) is 11.7. The van der Waals surface area contributed by atoms with E-state index in [4.69, 9.17) is 5.11 Å². The number of benzene rings is 2. The summed E-state index contributed by atoms with van der Waals surface area (Å²) in [5.74, 6) is 0. The van der Waals surface area contributed by atoms with Crippen molar-refractivity contribution in [1.82, 2.24) is 0 Å². The SMILES string of the molecule is O=S(=O)(O)c1cc(CCO)c(Br)c2ccccc12. The Balaban J connectivity index is 2.89. The lowest BCUT2D eigenvalue weighted by Crippen LogP contribution is -2.02. The van der Waals surface area contributed by atoms with E-state index in [-0.39, 0.29) is 11.5 Å². The molecule has 6 heteroatoms. The second-order valence-corrected chi connectivity index (χ2v) is 6.03. The summed E-state index contributed by atoms with van der Waals surface area (Å²) in [6.07, 6.45) is 0.313. The first-order valence-electron chi connectivity index (χ1n) is 5.23. The van der Waals surface area contributed by atoms with Gasteiger partial charge in [0.05, 0.1) is 0 Å². The second-order valence-electron chi connectivity index (χ2n) is 3.84. The van der Waals surface area contributed by atoms with Crippen molar-refractivity contribution in [1.29, 1.82) is 0 Å². The van der Waals surface area contributed by atoms with Crippen LogP contribution in [-0.2, 0) is 16.5 Å². The molecule has 0 aliphatic heterocycles. The highest BCUT2D eigenvalue weighted by Gasteiger charge is 2.17.